The van der Waals surface area contributed by atoms with Gasteiger partial charge in [-0.15, -0.1) is 0 Å². The molecule has 0 N–H and O–H groups in total. The van der Waals surface area contributed by atoms with Crippen LogP contribution >= 0.6 is 0 Å². The normalized spacial score (nSPS) is 13.6. The summed E-state index contributed by atoms with van der Waals surface area (Å²) in [7, 11) is -2.21. The maximum absolute atomic E-state index is 2.56. The second-order valence-corrected chi connectivity index (χ2v) is 14.1. The first-order valence-corrected chi connectivity index (χ1v) is 15.2. The van der Waals surface area contributed by atoms with Crippen molar-refractivity contribution in [3.8, 4) is 0 Å². The van der Waals surface area contributed by atoms with Gasteiger partial charge in [0.2, 0.25) is 6.71 Å². The number of hydrogen-bond donors (Lipinski definition) is 0. The first-order valence-electron chi connectivity index (χ1n) is 12.7. The SMILES string of the molecule is C[Si](c1ccccc1)(c1ccccc1)c1ccc2c3c1Cc1ccccc1B3c1ccccc1C2. The minimum absolute atomic E-state index is 0.333. The average molecular weight is 462 g/mol. The van der Waals surface area contributed by atoms with E-state index in [4.69, 9.17) is 0 Å². The molecule has 5 aromatic carbocycles. The molecule has 166 valence electrons. The van der Waals surface area contributed by atoms with E-state index in [9.17, 15) is 0 Å². The van der Waals surface area contributed by atoms with Gasteiger partial charge < -0.3 is 0 Å². The third-order valence-electron chi connectivity index (χ3n) is 8.46. The van der Waals surface area contributed by atoms with E-state index in [0.29, 0.717) is 6.71 Å². The first-order chi connectivity index (χ1) is 17.2. The summed E-state index contributed by atoms with van der Waals surface area (Å²) < 4.78 is 0. The van der Waals surface area contributed by atoms with Crippen LogP contribution in [-0.2, 0) is 12.8 Å². The van der Waals surface area contributed by atoms with Crippen LogP contribution in [0.25, 0.3) is 0 Å². The molecule has 7 rings (SSSR count). The Hall–Kier alpha value is -3.62. The summed E-state index contributed by atoms with van der Waals surface area (Å²) in [5.74, 6) is 0. The molecule has 5 aromatic rings. The Balaban J connectivity index is 1.55. The molecule has 0 amide bonds. The van der Waals surface area contributed by atoms with Crippen molar-refractivity contribution >= 4 is 46.7 Å². The van der Waals surface area contributed by atoms with Gasteiger partial charge in [-0.1, -0.05) is 144 Å². The van der Waals surface area contributed by atoms with Gasteiger partial charge in [0, 0.05) is 0 Å². The zero-order chi connectivity index (χ0) is 23.4. The monoisotopic (exact) mass is 462 g/mol. The van der Waals surface area contributed by atoms with Crippen molar-refractivity contribution in [2.45, 2.75) is 19.4 Å². The standard InChI is InChI=1S/C33H27BSi/c1-35(27-14-4-2-5-15-27,28-16-6-3-7-17-28)32-21-20-26-22-24-12-8-10-18-30(24)34-31-19-11-9-13-25(31)23-29(32)33(26)34/h2-21H,22-23H2,1H3. The van der Waals surface area contributed by atoms with E-state index in [1.807, 2.05) is 0 Å². The van der Waals surface area contributed by atoms with Crippen LogP contribution in [0.3, 0.4) is 0 Å². The molecule has 2 heteroatoms. The van der Waals surface area contributed by atoms with Gasteiger partial charge in [-0.2, -0.15) is 0 Å². The molecule has 0 fully saturated rings. The zero-order valence-corrected chi connectivity index (χ0v) is 21.0. The lowest BCUT2D eigenvalue weighted by Crippen LogP contribution is -2.69. The molecule has 0 unspecified atom stereocenters. The van der Waals surface area contributed by atoms with E-state index in [-0.39, 0.29) is 0 Å². The van der Waals surface area contributed by atoms with Crippen molar-refractivity contribution in [2.24, 2.45) is 0 Å². The Bertz CT molecular complexity index is 1500. The predicted octanol–water partition coefficient (Wildman–Crippen LogP) is 3.11. The highest BCUT2D eigenvalue weighted by atomic mass is 28.3. The van der Waals surface area contributed by atoms with Gasteiger partial charge in [-0.3, -0.25) is 0 Å². The van der Waals surface area contributed by atoms with Crippen LogP contribution in [0.2, 0.25) is 6.55 Å². The molecule has 0 bridgehead atoms. The summed E-state index contributed by atoms with van der Waals surface area (Å²) in [6, 6.07) is 45.8. The third kappa shape index (κ3) is 3.06. The van der Waals surface area contributed by atoms with Gasteiger partial charge in [0.15, 0.2) is 0 Å². The molecule has 0 saturated heterocycles. The molecule has 0 aliphatic carbocycles. The quantitative estimate of drug-likeness (QED) is 0.280. The Kier molecular flexibility index (Phi) is 4.72. The summed E-state index contributed by atoms with van der Waals surface area (Å²) in [4.78, 5) is 0. The Morgan fingerprint density at radius 1 is 0.514 bits per heavy atom. The fourth-order valence-corrected chi connectivity index (χ4v) is 10.7. The van der Waals surface area contributed by atoms with Crippen molar-refractivity contribution in [3.63, 3.8) is 0 Å². The second-order valence-electron chi connectivity index (χ2n) is 10.2. The van der Waals surface area contributed by atoms with E-state index in [2.05, 4.69) is 128 Å². The number of hydrogen-bond acceptors (Lipinski definition) is 0. The molecule has 35 heavy (non-hydrogen) atoms. The third-order valence-corrected chi connectivity index (χ3v) is 13.0. The van der Waals surface area contributed by atoms with Crippen LogP contribution in [0.4, 0.5) is 0 Å². The van der Waals surface area contributed by atoms with Gasteiger partial charge in [0.05, 0.1) is 0 Å². The van der Waals surface area contributed by atoms with Gasteiger partial charge in [0.1, 0.15) is 8.07 Å². The Morgan fingerprint density at radius 2 is 1.03 bits per heavy atom. The minimum Gasteiger partial charge on any atom is -0.0667 e. The summed E-state index contributed by atoms with van der Waals surface area (Å²) >= 11 is 0. The van der Waals surface area contributed by atoms with Gasteiger partial charge >= 0.3 is 0 Å². The zero-order valence-electron chi connectivity index (χ0n) is 20.0. The maximum Gasteiger partial charge on any atom is 0.242 e. The number of benzene rings is 5. The van der Waals surface area contributed by atoms with E-state index in [1.54, 1.807) is 16.2 Å². The van der Waals surface area contributed by atoms with Crippen molar-refractivity contribution in [3.05, 3.63) is 144 Å². The van der Waals surface area contributed by atoms with Crippen LogP contribution < -0.4 is 31.9 Å². The van der Waals surface area contributed by atoms with Gasteiger partial charge in [0.25, 0.3) is 0 Å². The topological polar surface area (TPSA) is 0 Å². The molecule has 2 aliphatic rings. The van der Waals surface area contributed by atoms with Crippen molar-refractivity contribution in [2.75, 3.05) is 0 Å². The smallest absolute Gasteiger partial charge is 0.0667 e. The highest BCUT2D eigenvalue weighted by Gasteiger charge is 2.42. The number of rotatable bonds is 3. The van der Waals surface area contributed by atoms with E-state index >= 15 is 0 Å². The van der Waals surface area contributed by atoms with Crippen molar-refractivity contribution in [1.29, 1.82) is 0 Å². The fourth-order valence-electron chi connectivity index (χ4n) is 6.73. The highest BCUT2D eigenvalue weighted by molar-refractivity contribution is 7.11. The molecule has 0 nitrogen and oxygen atoms in total. The van der Waals surface area contributed by atoms with Crippen molar-refractivity contribution in [1.82, 2.24) is 0 Å². The summed E-state index contributed by atoms with van der Waals surface area (Å²) in [5, 5.41) is 4.54. The van der Waals surface area contributed by atoms with Crippen LogP contribution in [0, 0.1) is 0 Å². The van der Waals surface area contributed by atoms with Crippen LogP contribution in [0.1, 0.15) is 22.3 Å². The lowest BCUT2D eigenvalue weighted by molar-refractivity contribution is 1.15. The molecule has 0 radical (unpaired) electrons. The molecule has 2 heterocycles. The lowest BCUT2D eigenvalue weighted by atomic mass is 9.30. The molecular formula is C33H27BSi. The van der Waals surface area contributed by atoms with E-state index in [1.165, 1.54) is 38.0 Å². The van der Waals surface area contributed by atoms with Gasteiger partial charge in [-0.25, -0.2) is 0 Å². The van der Waals surface area contributed by atoms with Crippen molar-refractivity contribution < 1.29 is 0 Å². The Labute approximate surface area is 209 Å². The number of fused-ring (bicyclic) bond motifs is 4. The maximum atomic E-state index is 2.56. The van der Waals surface area contributed by atoms with Crippen LogP contribution in [-0.4, -0.2) is 14.8 Å². The molecule has 2 aliphatic heterocycles. The minimum atomic E-state index is -2.21. The molecule has 0 aromatic heterocycles. The first kappa shape index (κ1) is 20.7. The lowest BCUT2D eigenvalue weighted by Gasteiger charge is -2.39. The van der Waals surface area contributed by atoms with Crippen LogP contribution in [0.5, 0.6) is 0 Å². The molecule has 0 spiro atoms. The molecule has 0 atom stereocenters. The van der Waals surface area contributed by atoms with E-state index < -0.39 is 8.07 Å². The summed E-state index contributed by atoms with van der Waals surface area (Å²) in [5.41, 5.74) is 10.6. The summed E-state index contributed by atoms with van der Waals surface area (Å²) in [6.07, 6.45) is 2.06. The predicted molar refractivity (Wildman–Crippen MR) is 153 cm³/mol. The summed E-state index contributed by atoms with van der Waals surface area (Å²) in [6.45, 7) is 2.89. The van der Waals surface area contributed by atoms with E-state index in [0.717, 1.165) is 12.8 Å². The second kappa shape index (κ2) is 7.97. The average Bonchev–Trinajstić information content (AvgIpc) is 2.93. The highest BCUT2D eigenvalue weighted by Crippen LogP contribution is 2.23. The largest absolute Gasteiger partial charge is 0.242 e. The van der Waals surface area contributed by atoms with Gasteiger partial charge in [-0.05, 0) is 50.7 Å². The molecular weight excluding hydrogens is 435 g/mol. The van der Waals surface area contributed by atoms with Crippen LogP contribution in [0.15, 0.2) is 121 Å². The molecule has 0 saturated carbocycles. The fraction of sp³-hybridized carbons (Fsp3) is 0.0909. The Morgan fingerprint density at radius 3 is 1.63 bits per heavy atom.